The fourth-order valence-electron chi connectivity index (χ4n) is 4.17. The molecule has 1 amide bonds. The highest BCUT2D eigenvalue weighted by Gasteiger charge is 2.31. The van der Waals surface area contributed by atoms with Crippen molar-refractivity contribution in [2.75, 3.05) is 51.3 Å². The van der Waals surface area contributed by atoms with E-state index < -0.39 is 10.0 Å². The van der Waals surface area contributed by atoms with Gasteiger partial charge in [0.2, 0.25) is 10.0 Å². The van der Waals surface area contributed by atoms with Crippen molar-refractivity contribution in [3.8, 4) is 5.75 Å². The van der Waals surface area contributed by atoms with Crippen LogP contribution in [0.3, 0.4) is 0 Å². The molecule has 2 saturated heterocycles. The highest BCUT2D eigenvalue weighted by atomic mass is 32.2. The summed E-state index contributed by atoms with van der Waals surface area (Å²) in [5.74, 6) is 0.677. The van der Waals surface area contributed by atoms with Crippen LogP contribution in [0.2, 0.25) is 0 Å². The maximum Gasteiger partial charge on any atom is 0.270 e. The molecular formula is C21H28N4O4S. The van der Waals surface area contributed by atoms with Crippen LogP contribution in [-0.2, 0) is 17.1 Å². The predicted molar refractivity (Wildman–Crippen MR) is 115 cm³/mol. The number of carbonyl (C=O) groups excluding carboxylic acids is 1. The van der Waals surface area contributed by atoms with Crippen molar-refractivity contribution in [1.29, 1.82) is 0 Å². The lowest BCUT2D eigenvalue weighted by atomic mass is 10.2. The van der Waals surface area contributed by atoms with Crippen LogP contribution in [0.25, 0.3) is 0 Å². The van der Waals surface area contributed by atoms with Crippen molar-refractivity contribution in [2.45, 2.75) is 17.7 Å². The number of anilines is 1. The lowest BCUT2D eigenvalue weighted by molar-refractivity contribution is 0.0737. The number of nitrogens with zero attached hydrogens (tertiary/aromatic N) is 4. The number of carbonyl (C=O) groups is 1. The molecule has 2 fully saturated rings. The van der Waals surface area contributed by atoms with Gasteiger partial charge in [0.15, 0.2) is 0 Å². The second kappa shape index (κ2) is 8.31. The van der Waals surface area contributed by atoms with E-state index in [0.29, 0.717) is 45.0 Å². The fourth-order valence-corrected chi connectivity index (χ4v) is 5.76. The predicted octanol–water partition coefficient (Wildman–Crippen LogP) is 1.78. The maximum absolute atomic E-state index is 13.1. The van der Waals surface area contributed by atoms with Crippen molar-refractivity contribution >= 4 is 21.6 Å². The van der Waals surface area contributed by atoms with Crippen LogP contribution >= 0.6 is 0 Å². The third-order valence-electron chi connectivity index (χ3n) is 5.89. The first-order valence-electron chi connectivity index (χ1n) is 10.3. The van der Waals surface area contributed by atoms with Crippen molar-refractivity contribution in [2.24, 2.45) is 7.05 Å². The van der Waals surface area contributed by atoms with Gasteiger partial charge in [-0.1, -0.05) is 12.1 Å². The number of aromatic nitrogens is 1. The standard InChI is InChI=1S/C21H28N4O4S/c1-22-16-17(30(27,28)25-9-5-6-10-25)15-19(22)21(26)24-13-11-23(12-14-24)18-7-3-4-8-20(18)29-2/h3-4,7-8,15-16H,5-6,9-14H2,1-2H3. The van der Waals surface area contributed by atoms with E-state index in [1.54, 1.807) is 29.8 Å². The van der Waals surface area contributed by atoms with Gasteiger partial charge < -0.3 is 19.1 Å². The molecule has 0 spiro atoms. The summed E-state index contributed by atoms with van der Waals surface area (Å²) in [6.07, 6.45) is 3.31. The van der Waals surface area contributed by atoms with E-state index in [2.05, 4.69) is 4.90 Å². The molecule has 3 heterocycles. The highest BCUT2D eigenvalue weighted by Crippen LogP contribution is 2.29. The van der Waals surface area contributed by atoms with E-state index in [1.165, 1.54) is 10.4 Å². The van der Waals surface area contributed by atoms with Crippen LogP contribution in [0.5, 0.6) is 5.75 Å². The van der Waals surface area contributed by atoms with Gasteiger partial charge in [-0.25, -0.2) is 8.42 Å². The lowest BCUT2D eigenvalue weighted by Gasteiger charge is -2.36. The Kier molecular flexibility index (Phi) is 5.75. The number of aryl methyl sites for hydroxylation is 1. The van der Waals surface area contributed by atoms with Gasteiger partial charge in [0.25, 0.3) is 5.91 Å². The molecule has 0 atom stereocenters. The minimum absolute atomic E-state index is 0.139. The Labute approximate surface area is 177 Å². The molecule has 1 aromatic carbocycles. The Morgan fingerprint density at radius 1 is 1.00 bits per heavy atom. The smallest absolute Gasteiger partial charge is 0.270 e. The molecule has 0 saturated carbocycles. The van der Waals surface area contributed by atoms with Gasteiger partial charge in [-0.2, -0.15) is 4.31 Å². The third kappa shape index (κ3) is 3.79. The number of ether oxygens (including phenoxy) is 1. The first kappa shape index (κ1) is 20.7. The summed E-state index contributed by atoms with van der Waals surface area (Å²) in [6, 6.07) is 9.37. The zero-order chi connectivity index (χ0) is 21.3. The minimum atomic E-state index is -3.54. The Balaban J connectivity index is 1.46. The molecule has 9 heteroatoms. The molecule has 30 heavy (non-hydrogen) atoms. The Bertz CT molecular complexity index is 1020. The summed E-state index contributed by atoms with van der Waals surface area (Å²) >= 11 is 0. The second-order valence-corrected chi connectivity index (χ2v) is 9.67. The van der Waals surface area contributed by atoms with Gasteiger partial charge in [0.1, 0.15) is 16.3 Å². The quantitative estimate of drug-likeness (QED) is 0.720. The number of methoxy groups -OCH3 is 1. The molecule has 1 aromatic heterocycles. The Morgan fingerprint density at radius 3 is 2.33 bits per heavy atom. The fraction of sp³-hybridized carbons (Fsp3) is 0.476. The first-order chi connectivity index (χ1) is 14.4. The second-order valence-electron chi connectivity index (χ2n) is 7.73. The molecule has 162 valence electrons. The van der Waals surface area contributed by atoms with Gasteiger partial charge in [-0.15, -0.1) is 0 Å². The normalized spacial score (nSPS) is 18.1. The van der Waals surface area contributed by atoms with E-state index in [-0.39, 0.29) is 10.8 Å². The number of hydrogen-bond acceptors (Lipinski definition) is 5. The van der Waals surface area contributed by atoms with Crippen LogP contribution in [0, 0.1) is 0 Å². The first-order valence-corrected chi connectivity index (χ1v) is 11.7. The summed E-state index contributed by atoms with van der Waals surface area (Å²) in [5.41, 5.74) is 1.42. The van der Waals surface area contributed by atoms with Gasteiger partial charge in [0.05, 0.1) is 12.8 Å². The molecule has 0 N–H and O–H groups in total. The number of piperazine rings is 1. The van der Waals surface area contributed by atoms with Crippen LogP contribution < -0.4 is 9.64 Å². The number of amides is 1. The number of rotatable bonds is 5. The van der Waals surface area contributed by atoms with Crippen LogP contribution in [0.1, 0.15) is 23.3 Å². The average Bonchev–Trinajstić information content (AvgIpc) is 3.44. The van der Waals surface area contributed by atoms with Gasteiger partial charge >= 0.3 is 0 Å². The summed E-state index contributed by atoms with van der Waals surface area (Å²) in [6.45, 7) is 3.61. The zero-order valence-corrected chi connectivity index (χ0v) is 18.3. The van der Waals surface area contributed by atoms with Crippen molar-refractivity contribution in [3.63, 3.8) is 0 Å². The third-order valence-corrected chi connectivity index (χ3v) is 7.76. The number of para-hydroxylation sites is 2. The molecule has 8 nitrogen and oxygen atoms in total. The van der Waals surface area contributed by atoms with Crippen LogP contribution in [0.15, 0.2) is 41.4 Å². The van der Waals surface area contributed by atoms with E-state index in [1.807, 2.05) is 24.3 Å². The molecule has 2 aliphatic rings. The van der Waals surface area contributed by atoms with Crippen molar-refractivity contribution in [1.82, 2.24) is 13.8 Å². The zero-order valence-electron chi connectivity index (χ0n) is 17.5. The molecule has 4 rings (SSSR count). The summed E-state index contributed by atoms with van der Waals surface area (Å²) in [5, 5.41) is 0. The van der Waals surface area contributed by atoms with Gasteiger partial charge in [-0.05, 0) is 31.0 Å². The molecule has 2 aromatic rings. The largest absolute Gasteiger partial charge is 0.495 e. The Morgan fingerprint density at radius 2 is 1.67 bits per heavy atom. The molecule has 2 aliphatic heterocycles. The van der Waals surface area contributed by atoms with E-state index in [9.17, 15) is 13.2 Å². The molecule has 0 bridgehead atoms. The van der Waals surface area contributed by atoms with E-state index >= 15 is 0 Å². The monoisotopic (exact) mass is 432 g/mol. The van der Waals surface area contributed by atoms with Crippen molar-refractivity contribution in [3.05, 3.63) is 42.2 Å². The highest BCUT2D eigenvalue weighted by molar-refractivity contribution is 7.89. The Hall–Kier alpha value is -2.52. The molecule has 0 aliphatic carbocycles. The SMILES string of the molecule is COc1ccccc1N1CCN(C(=O)c2cc(S(=O)(=O)N3CCCC3)cn2C)CC1. The summed E-state index contributed by atoms with van der Waals surface area (Å²) in [7, 11) is -0.159. The molecule has 0 unspecified atom stereocenters. The topological polar surface area (TPSA) is 75.1 Å². The average molecular weight is 433 g/mol. The van der Waals surface area contributed by atoms with E-state index in [0.717, 1.165) is 24.3 Å². The van der Waals surface area contributed by atoms with Crippen LogP contribution in [-0.4, -0.2) is 74.5 Å². The maximum atomic E-state index is 13.1. The van der Waals surface area contributed by atoms with Crippen molar-refractivity contribution < 1.29 is 17.9 Å². The minimum Gasteiger partial charge on any atom is -0.495 e. The van der Waals surface area contributed by atoms with Crippen LogP contribution in [0.4, 0.5) is 5.69 Å². The number of benzene rings is 1. The number of hydrogen-bond donors (Lipinski definition) is 0. The lowest BCUT2D eigenvalue weighted by Crippen LogP contribution is -2.49. The summed E-state index contributed by atoms with van der Waals surface area (Å²) in [4.78, 5) is 17.3. The molecular weight excluding hydrogens is 404 g/mol. The number of sulfonamides is 1. The van der Waals surface area contributed by atoms with Gasteiger partial charge in [-0.3, -0.25) is 4.79 Å². The molecule has 0 radical (unpaired) electrons. The van der Waals surface area contributed by atoms with E-state index in [4.69, 9.17) is 4.74 Å². The van der Waals surface area contributed by atoms with Gasteiger partial charge in [0, 0.05) is 52.5 Å². The summed E-state index contributed by atoms with van der Waals surface area (Å²) < 4.78 is 34.2.